The maximum absolute atomic E-state index is 5.90. The zero-order valence-electron chi connectivity index (χ0n) is 7.96. The molecule has 1 heteroatoms. The molecule has 0 aromatic carbocycles. The van der Waals surface area contributed by atoms with Gasteiger partial charge in [-0.1, -0.05) is 37.6 Å². The topological polar surface area (TPSA) is 26.0 Å². The zero-order chi connectivity index (χ0) is 8.85. The van der Waals surface area contributed by atoms with E-state index in [1.165, 1.54) is 5.57 Å². The molecule has 2 N–H and O–H groups in total. The number of hydrogen-bond acceptors (Lipinski definition) is 1. The minimum atomic E-state index is 0.200. The summed E-state index contributed by atoms with van der Waals surface area (Å²) in [6.45, 7) is 8.35. The van der Waals surface area contributed by atoms with Crippen molar-refractivity contribution < 1.29 is 0 Å². The van der Waals surface area contributed by atoms with Crippen molar-refractivity contribution in [3.05, 3.63) is 23.8 Å². The van der Waals surface area contributed by atoms with Crippen LogP contribution < -0.4 is 5.73 Å². The van der Waals surface area contributed by atoms with E-state index in [-0.39, 0.29) is 6.04 Å². The highest BCUT2D eigenvalue weighted by Gasteiger charge is 2.07. The van der Waals surface area contributed by atoms with Crippen molar-refractivity contribution in [1.29, 1.82) is 0 Å². The number of rotatable bonds is 3. The first-order valence-electron chi connectivity index (χ1n) is 4.14. The predicted octanol–water partition coefficient (Wildman–Crippen LogP) is 2.49. The van der Waals surface area contributed by atoms with Gasteiger partial charge in [-0.2, -0.15) is 0 Å². The van der Waals surface area contributed by atoms with Crippen LogP contribution in [0, 0.1) is 5.92 Å². The van der Waals surface area contributed by atoms with Crippen molar-refractivity contribution in [2.45, 2.75) is 33.7 Å². The molecule has 0 aromatic heterocycles. The smallest absolute Gasteiger partial charge is 0.0277 e. The maximum Gasteiger partial charge on any atom is 0.0277 e. The van der Waals surface area contributed by atoms with Crippen molar-refractivity contribution in [3.8, 4) is 0 Å². The molecular weight excluding hydrogens is 134 g/mol. The highest BCUT2D eigenvalue weighted by Crippen LogP contribution is 2.08. The molecule has 1 atom stereocenters. The third-order valence-electron chi connectivity index (χ3n) is 1.80. The van der Waals surface area contributed by atoms with Gasteiger partial charge in [-0.05, 0) is 19.8 Å². The lowest BCUT2D eigenvalue weighted by Crippen LogP contribution is -2.27. The Morgan fingerprint density at radius 3 is 2.27 bits per heavy atom. The SMILES string of the molecule is C/C=C\C=C(/C)[C@H](N)C(C)C. The fourth-order valence-corrected chi connectivity index (χ4v) is 0.885. The van der Waals surface area contributed by atoms with Gasteiger partial charge in [-0.15, -0.1) is 0 Å². The molecule has 0 aromatic rings. The molecule has 0 unspecified atom stereocenters. The molecule has 0 heterocycles. The molecule has 0 aliphatic rings. The van der Waals surface area contributed by atoms with Gasteiger partial charge in [0.15, 0.2) is 0 Å². The Bertz CT molecular complexity index is 154. The van der Waals surface area contributed by atoms with Gasteiger partial charge >= 0.3 is 0 Å². The van der Waals surface area contributed by atoms with E-state index in [0.29, 0.717) is 5.92 Å². The molecule has 0 fully saturated rings. The minimum Gasteiger partial charge on any atom is -0.324 e. The third kappa shape index (κ3) is 3.99. The van der Waals surface area contributed by atoms with Gasteiger partial charge in [0.2, 0.25) is 0 Å². The van der Waals surface area contributed by atoms with Crippen molar-refractivity contribution in [2.75, 3.05) is 0 Å². The molecule has 0 rings (SSSR count). The Kier molecular flexibility index (Phi) is 4.88. The van der Waals surface area contributed by atoms with Crippen molar-refractivity contribution in [1.82, 2.24) is 0 Å². The highest BCUT2D eigenvalue weighted by atomic mass is 14.6. The van der Waals surface area contributed by atoms with Crippen LogP contribution in [0.4, 0.5) is 0 Å². The van der Waals surface area contributed by atoms with Crippen molar-refractivity contribution >= 4 is 0 Å². The summed E-state index contributed by atoms with van der Waals surface area (Å²) in [4.78, 5) is 0. The molecule has 0 saturated carbocycles. The van der Waals surface area contributed by atoms with Gasteiger partial charge in [-0.25, -0.2) is 0 Å². The first-order valence-corrected chi connectivity index (χ1v) is 4.14. The Morgan fingerprint density at radius 1 is 1.36 bits per heavy atom. The second kappa shape index (κ2) is 5.14. The van der Waals surface area contributed by atoms with Crippen LogP contribution in [0.5, 0.6) is 0 Å². The summed E-state index contributed by atoms with van der Waals surface area (Å²) in [5, 5.41) is 0. The molecule has 64 valence electrons. The lowest BCUT2D eigenvalue weighted by Gasteiger charge is -2.15. The summed E-state index contributed by atoms with van der Waals surface area (Å²) in [6, 6.07) is 0.200. The molecule has 0 spiro atoms. The fourth-order valence-electron chi connectivity index (χ4n) is 0.885. The van der Waals surface area contributed by atoms with E-state index in [1.807, 2.05) is 19.1 Å². The minimum absolute atomic E-state index is 0.200. The van der Waals surface area contributed by atoms with E-state index in [9.17, 15) is 0 Å². The van der Waals surface area contributed by atoms with E-state index in [1.54, 1.807) is 0 Å². The van der Waals surface area contributed by atoms with Crippen LogP contribution in [0.3, 0.4) is 0 Å². The summed E-state index contributed by atoms with van der Waals surface area (Å²) < 4.78 is 0. The summed E-state index contributed by atoms with van der Waals surface area (Å²) in [6.07, 6.45) is 6.11. The van der Waals surface area contributed by atoms with Gasteiger partial charge in [-0.3, -0.25) is 0 Å². The average molecular weight is 153 g/mol. The largest absolute Gasteiger partial charge is 0.324 e. The lowest BCUT2D eigenvalue weighted by atomic mass is 9.98. The lowest BCUT2D eigenvalue weighted by molar-refractivity contribution is 0.548. The van der Waals surface area contributed by atoms with E-state index in [0.717, 1.165) is 0 Å². The van der Waals surface area contributed by atoms with Crippen molar-refractivity contribution in [3.63, 3.8) is 0 Å². The zero-order valence-corrected chi connectivity index (χ0v) is 7.96. The van der Waals surface area contributed by atoms with E-state index < -0.39 is 0 Å². The molecule has 0 radical (unpaired) electrons. The van der Waals surface area contributed by atoms with E-state index in [2.05, 4.69) is 26.8 Å². The number of hydrogen-bond donors (Lipinski definition) is 1. The first kappa shape index (κ1) is 10.4. The predicted molar refractivity (Wildman–Crippen MR) is 51.4 cm³/mol. The van der Waals surface area contributed by atoms with Gasteiger partial charge in [0, 0.05) is 6.04 Å². The van der Waals surface area contributed by atoms with E-state index >= 15 is 0 Å². The normalized spacial score (nSPS) is 16.4. The third-order valence-corrected chi connectivity index (χ3v) is 1.80. The fraction of sp³-hybridized carbons (Fsp3) is 0.600. The number of nitrogens with two attached hydrogens (primary N) is 1. The molecule has 11 heavy (non-hydrogen) atoms. The highest BCUT2D eigenvalue weighted by molar-refractivity contribution is 5.15. The van der Waals surface area contributed by atoms with Crippen LogP contribution in [0.2, 0.25) is 0 Å². The summed E-state index contributed by atoms with van der Waals surface area (Å²) in [7, 11) is 0. The van der Waals surface area contributed by atoms with Crippen LogP contribution in [0.1, 0.15) is 27.7 Å². The Hall–Kier alpha value is -0.560. The summed E-state index contributed by atoms with van der Waals surface area (Å²) in [5.74, 6) is 0.525. The Balaban J connectivity index is 4.11. The monoisotopic (exact) mass is 153 g/mol. The Labute approximate surface area is 70.0 Å². The standard InChI is InChI=1S/C10H19N/c1-5-6-7-9(4)10(11)8(2)3/h5-8,10H,11H2,1-4H3/b6-5-,9-7+/t10-/m1/s1. The van der Waals surface area contributed by atoms with Crippen LogP contribution in [-0.2, 0) is 0 Å². The maximum atomic E-state index is 5.90. The van der Waals surface area contributed by atoms with Crippen LogP contribution in [-0.4, -0.2) is 6.04 Å². The summed E-state index contributed by atoms with van der Waals surface area (Å²) in [5.41, 5.74) is 7.15. The van der Waals surface area contributed by atoms with E-state index in [4.69, 9.17) is 5.73 Å². The van der Waals surface area contributed by atoms with Crippen LogP contribution >= 0.6 is 0 Å². The second-order valence-electron chi connectivity index (χ2n) is 3.21. The molecule has 0 aliphatic carbocycles. The molecule has 0 amide bonds. The molecule has 0 saturated heterocycles. The molecule has 1 nitrogen and oxygen atoms in total. The first-order chi connectivity index (χ1) is 5.09. The molecular formula is C10H19N. The number of allylic oxidation sites excluding steroid dienone is 3. The van der Waals surface area contributed by atoms with Gasteiger partial charge in [0.1, 0.15) is 0 Å². The van der Waals surface area contributed by atoms with Gasteiger partial charge in [0.05, 0.1) is 0 Å². The molecule has 0 bridgehead atoms. The van der Waals surface area contributed by atoms with Crippen molar-refractivity contribution in [2.24, 2.45) is 11.7 Å². The second-order valence-corrected chi connectivity index (χ2v) is 3.21. The quantitative estimate of drug-likeness (QED) is 0.619. The average Bonchev–Trinajstić information content (AvgIpc) is 1.98. The van der Waals surface area contributed by atoms with Crippen LogP contribution in [0.25, 0.3) is 0 Å². The molecule has 0 aliphatic heterocycles. The van der Waals surface area contributed by atoms with Gasteiger partial charge in [0.25, 0.3) is 0 Å². The summed E-state index contributed by atoms with van der Waals surface area (Å²) >= 11 is 0. The van der Waals surface area contributed by atoms with Crippen LogP contribution in [0.15, 0.2) is 23.8 Å². The van der Waals surface area contributed by atoms with Gasteiger partial charge < -0.3 is 5.73 Å². The Morgan fingerprint density at radius 2 is 1.91 bits per heavy atom.